The van der Waals surface area contributed by atoms with Gasteiger partial charge in [-0.15, -0.1) is 0 Å². The van der Waals surface area contributed by atoms with Gasteiger partial charge in [0.05, 0.1) is 12.2 Å². The molecule has 0 N–H and O–H groups in total. The number of nitrogens with zero attached hydrogens (tertiary/aromatic N) is 5. The van der Waals surface area contributed by atoms with Crippen LogP contribution in [-0.4, -0.2) is 71.4 Å². The first-order chi connectivity index (χ1) is 20.8. The fraction of sp³-hybridized carbons (Fsp3) is 0.457. The zero-order chi connectivity index (χ0) is 31.9. The number of aliphatic imine (C=N–C) groups is 1. The van der Waals surface area contributed by atoms with Gasteiger partial charge in [-0.25, -0.2) is 4.79 Å². The molecule has 5 rings (SSSR count). The number of likely N-dealkylation sites (N-methyl/N-ethyl adjacent to an activating group) is 1. The highest BCUT2D eigenvalue weighted by Crippen LogP contribution is 2.54. The molecule has 2 amide bonds. The lowest BCUT2D eigenvalue weighted by molar-refractivity contribution is 0.109. The van der Waals surface area contributed by atoms with E-state index in [1.54, 1.807) is 0 Å². The van der Waals surface area contributed by atoms with Crippen molar-refractivity contribution in [2.24, 2.45) is 4.99 Å². The minimum absolute atomic E-state index is 0.100. The Hall–Kier alpha value is -3.13. The second kappa shape index (κ2) is 12.3. The number of carbonyl (C=O) groups is 1. The van der Waals surface area contributed by atoms with E-state index in [0.717, 1.165) is 36.3 Å². The average Bonchev–Trinajstić information content (AvgIpc) is 3.08. The molecule has 44 heavy (non-hydrogen) atoms. The number of amidine groups is 1. The number of ether oxygens (including phenoxy) is 1. The van der Waals surface area contributed by atoms with Crippen molar-refractivity contribution in [3.8, 4) is 5.75 Å². The molecule has 2 aromatic carbocycles. The maximum absolute atomic E-state index is 15.0. The number of carbonyl (C=O) groups excluding carboxylic acids is 1. The summed E-state index contributed by atoms with van der Waals surface area (Å²) in [6.45, 7) is 16.0. The van der Waals surface area contributed by atoms with Gasteiger partial charge in [0, 0.05) is 53.1 Å². The molecule has 2 aliphatic heterocycles. The molecule has 0 saturated carbocycles. The Morgan fingerprint density at radius 1 is 0.932 bits per heavy atom. The lowest BCUT2D eigenvalue weighted by Gasteiger charge is -2.46. The zero-order valence-electron chi connectivity index (χ0n) is 26.8. The number of halogens is 2. The molecule has 2 atom stereocenters. The molecule has 2 unspecified atom stereocenters. The normalized spacial score (nSPS) is 23.0. The van der Waals surface area contributed by atoms with Crippen LogP contribution in [0.15, 0.2) is 65.8 Å². The summed E-state index contributed by atoms with van der Waals surface area (Å²) in [4.78, 5) is 31.5. The van der Waals surface area contributed by atoms with E-state index in [0.29, 0.717) is 46.9 Å². The molecule has 1 aromatic heterocycles. The lowest BCUT2D eigenvalue weighted by atomic mass is 9.71. The third kappa shape index (κ3) is 5.82. The Kier molecular flexibility index (Phi) is 9.05. The Bertz CT molecular complexity index is 1540. The Labute approximate surface area is 271 Å². The number of hydrogen-bond acceptors (Lipinski definition) is 5. The number of rotatable bonds is 5. The molecule has 0 bridgehead atoms. The Balaban J connectivity index is 1.79. The second-order valence-electron chi connectivity index (χ2n) is 13.1. The first-order valence-corrected chi connectivity index (χ1v) is 16.1. The van der Waals surface area contributed by atoms with Crippen LogP contribution in [0.5, 0.6) is 5.75 Å². The summed E-state index contributed by atoms with van der Waals surface area (Å²) >= 11 is 12.8. The first kappa shape index (κ1) is 32.3. The fourth-order valence-electron chi connectivity index (χ4n) is 6.24. The van der Waals surface area contributed by atoms with Gasteiger partial charge in [-0.1, -0.05) is 68.2 Å². The van der Waals surface area contributed by atoms with E-state index < -0.39 is 11.1 Å². The lowest BCUT2D eigenvalue weighted by Crippen LogP contribution is -2.58. The van der Waals surface area contributed by atoms with Crippen LogP contribution in [-0.2, 0) is 16.5 Å². The highest BCUT2D eigenvalue weighted by Gasteiger charge is 2.60. The van der Waals surface area contributed by atoms with E-state index in [1.165, 1.54) is 0 Å². The molecule has 7 nitrogen and oxygen atoms in total. The highest BCUT2D eigenvalue weighted by molar-refractivity contribution is 6.30. The van der Waals surface area contributed by atoms with E-state index in [-0.39, 0.29) is 11.4 Å². The van der Waals surface area contributed by atoms with Gasteiger partial charge in [0.2, 0.25) is 0 Å². The minimum Gasteiger partial charge on any atom is -0.493 e. The number of urea groups is 1. The zero-order valence-corrected chi connectivity index (χ0v) is 28.3. The summed E-state index contributed by atoms with van der Waals surface area (Å²) < 4.78 is 6.26. The van der Waals surface area contributed by atoms with Gasteiger partial charge in [0.15, 0.2) is 0 Å². The van der Waals surface area contributed by atoms with Crippen molar-refractivity contribution in [2.75, 3.05) is 39.8 Å². The van der Waals surface area contributed by atoms with Crippen LogP contribution in [0.25, 0.3) is 0 Å². The number of hydrogen-bond donors (Lipinski definition) is 0. The molecule has 2 aliphatic rings. The van der Waals surface area contributed by atoms with Crippen molar-refractivity contribution < 1.29 is 9.53 Å². The summed E-state index contributed by atoms with van der Waals surface area (Å²) in [7, 11) is 2.10. The van der Waals surface area contributed by atoms with Crippen LogP contribution >= 0.6 is 23.2 Å². The van der Waals surface area contributed by atoms with Crippen molar-refractivity contribution in [3.63, 3.8) is 0 Å². The average molecular weight is 637 g/mol. The van der Waals surface area contributed by atoms with Gasteiger partial charge in [0.1, 0.15) is 22.7 Å². The smallest absolute Gasteiger partial charge is 0.326 e. The van der Waals surface area contributed by atoms with Gasteiger partial charge >= 0.3 is 6.03 Å². The van der Waals surface area contributed by atoms with Gasteiger partial charge in [-0.2, -0.15) is 0 Å². The molecular formula is C35H43Cl2N5O2. The van der Waals surface area contributed by atoms with Crippen molar-refractivity contribution in [2.45, 2.75) is 64.5 Å². The standard InChI is InChI=1S/C35H43Cl2N5O2/c1-8-44-29-22-30(33(2,3)4)38-23-28(29)31-39-34(5,24-10-14-26(36)15-11-24)35(6,25-12-16-27(37)17-13-25)42(31)32(43)41-19-9-18-40(7)20-21-41/h10-17,22-23H,8-9,18-21H2,1-7H3. The van der Waals surface area contributed by atoms with Crippen molar-refractivity contribution in [1.29, 1.82) is 0 Å². The van der Waals surface area contributed by atoms with Crippen LogP contribution in [0.1, 0.15) is 70.3 Å². The molecule has 9 heteroatoms. The minimum atomic E-state index is -0.956. The Morgan fingerprint density at radius 3 is 2.14 bits per heavy atom. The summed E-state index contributed by atoms with van der Waals surface area (Å²) in [5, 5.41) is 1.26. The quantitative estimate of drug-likeness (QED) is 0.288. The maximum Gasteiger partial charge on any atom is 0.326 e. The third-order valence-corrected chi connectivity index (χ3v) is 9.61. The molecule has 3 aromatic rings. The van der Waals surface area contributed by atoms with Crippen LogP contribution in [0.4, 0.5) is 4.79 Å². The predicted molar refractivity (Wildman–Crippen MR) is 179 cm³/mol. The van der Waals surface area contributed by atoms with E-state index in [4.69, 9.17) is 37.9 Å². The number of amides is 2. The predicted octanol–water partition coefficient (Wildman–Crippen LogP) is 7.74. The van der Waals surface area contributed by atoms with Crippen molar-refractivity contribution >= 4 is 35.1 Å². The molecule has 0 radical (unpaired) electrons. The topological polar surface area (TPSA) is 61.3 Å². The van der Waals surface area contributed by atoms with Crippen LogP contribution in [0, 0.1) is 0 Å². The van der Waals surface area contributed by atoms with Gasteiger partial charge < -0.3 is 14.5 Å². The fourth-order valence-corrected chi connectivity index (χ4v) is 6.49. The molecule has 1 fully saturated rings. The second-order valence-corrected chi connectivity index (χ2v) is 14.0. The first-order valence-electron chi connectivity index (χ1n) is 15.3. The molecule has 3 heterocycles. The van der Waals surface area contributed by atoms with E-state index in [1.807, 2.05) is 77.5 Å². The summed E-state index contributed by atoms with van der Waals surface area (Å²) in [6, 6.07) is 17.4. The summed E-state index contributed by atoms with van der Waals surface area (Å²) in [5.74, 6) is 1.18. The molecule has 234 valence electrons. The van der Waals surface area contributed by atoms with E-state index >= 15 is 4.79 Å². The van der Waals surface area contributed by atoms with Crippen molar-refractivity contribution in [3.05, 3.63) is 93.2 Å². The monoisotopic (exact) mass is 635 g/mol. The molecule has 0 aliphatic carbocycles. The van der Waals surface area contributed by atoms with Crippen LogP contribution in [0.2, 0.25) is 10.0 Å². The maximum atomic E-state index is 15.0. The molecular weight excluding hydrogens is 593 g/mol. The van der Waals surface area contributed by atoms with Gasteiger partial charge in [-0.3, -0.25) is 14.9 Å². The third-order valence-electron chi connectivity index (χ3n) is 9.11. The Morgan fingerprint density at radius 2 is 1.55 bits per heavy atom. The largest absolute Gasteiger partial charge is 0.493 e. The SMILES string of the molecule is CCOc1cc(C(C)(C)C)ncc1C1=NC(C)(c2ccc(Cl)cc2)C(C)(c2ccc(Cl)cc2)N1C(=O)N1CCCN(C)CC1. The van der Waals surface area contributed by atoms with Crippen molar-refractivity contribution in [1.82, 2.24) is 19.7 Å². The molecule has 1 saturated heterocycles. The number of pyridine rings is 1. The number of aromatic nitrogens is 1. The van der Waals surface area contributed by atoms with E-state index in [9.17, 15) is 0 Å². The van der Waals surface area contributed by atoms with E-state index in [2.05, 4.69) is 46.6 Å². The van der Waals surface area contributed by atoms with Gasteiger partial charge in [-0.05, 0) is 76.2 Å². The summed E-state index contributed by atoms with van der Waals surface area (Å²) in [6.07, 6.45) is 2.71. The van der Waals surface area contributed by atoms with Crippen LogP contribution < -0.4 is 4.74 Å². The van der Waals surface area contributed by atoms with Gasteiger partial charge in [0.25, 0.3) is 0 Å². The number of benzene rings is 2. The van der Waals surface area contributed by atoms with Crippen LogP contribution in [0.3, 0.4) is 0 Å². The molecule has 0 spiro atoms. The summed E-state index contributed by atoms with van der Waals surface area (Å²) in [5.41, 5.74) is 1.37. The highest BCUT2D eigenvalue weighted by atomic mass is 35.5.